The second-order valence-electron chi connectivity index (χ2n) is 6.95. The van der Waals surface area contributed by atoms with E-state index < -0.39 is 34.9 Å². The zero-order chi connectivity index (χ0) is 24.3. The quantitative estimate of drug-likeness (QED) is 0.486. The molecule has 3 N–H and O–H groups in total. The normalized spacial score (nSPS) is 11.1. The van der Waals surface area contributed by atoms with E-state index in [1.54, 1.807) is 6.92 Å². The highest BCUT2D eigenvalue weighted by molar-refractivity contribution is 6.07. The van der Waals surface area contributed by atoms with Crippen LogP contribution in [0.3, 0.4) is 0 Å². The van der Waals surface area contributed by atoms with Gasteiger partial charge in [-0.2, -0.15) is 13.2 Å². The van der Waals surface area contributed by atoms with Crippen LogP contribution in [0.2, 0.25) is 0 Å². The Balaban J connectivity index is 2.01. The molecule has 0 aromatic heterocycles. The minimum absolute atomic E-state index is 0.0299. The Morgan fingerprint density at radius 2 is 1.58 bits per heavy atom. The molecule has 0 atom stereocenters. The average Bonchev–Trinajstić information content (AvgIpc) is 2.75. The number of primary amides is 1. The summed E-state index contributed by atoms with van der Waals surface area (Å²) in [5, 5.41) is 2.42. The van der Waals surface area contributed by atoms with Crippen molar-refractivity contribution < 1.29 is 36.6 Å². The average molecular weight is 462 g/mol. The largest absolute Gasteiger partial charge is 0.496 e. The predicted octanol–water partition coefficient (Wildman–Crippen LogP) is 5.31. The lowest BCUT2D eigenvalue weighted by Crippen LogP contribution is -2.17. The fourth-order valence-electron chi connectivity index (χ4n) is 3.00. The molecule has 0 aliphatic heterocycles. The Bertz CT molecular complexity index is 1230. The van der Waals surface area contributed by atoms with Crippen LogP contribution < -0.4 is 20.5 Å². The van der Waals surface area contributed by atoms with Gasteiger partial charge >= 0.3 is 6.18 Å². The maximum absolute atomic E-state index is 13.4. The monoisotopic (exact) mass is 462 g/mol. The molecule has 33 heavy (non-hydrogen) atoms. The highest BCUT2D eigenvalue weighted by atomic mass is 19.4. The van der Waals surface area contributed by atoms with Crippen LogP contribution in [-0.4, -0.2) is 18.9 Å². The van der Waals surface area contributed by atoms with E-state index in [4.69, 9.17) is 15.2 Å². The number of rotatable bonds is 6. The number of hydrogen-bond donors (Lipinski definition) is 2. The molecule has 0 spiro atoms. The van der Waals surface area contributed by atoms with Gasteiger partial charge in [-0.25, -0.2) is 4.39 Å². The van der Waals surface area contributed by atoms with Crippen LogP contribution in [0.15, 0.2) is 54.6 Å². The van der Waals surface area contributed by atoms with Crippen molar-refractivity contribution in [2.24, 2.45) is 5.73 Å². The zero-order valence-corrected chi connectivity index (χ0v) is 17.4. The minimum atomic E-state index is -4.71. The predicted molar refractivity (Wildman–Crippen MR) is 112 cm³/mol. The number of ether oxygens (including phenoxy) is 2. The lowest BCUT2D eigenvalue weighted by Gasteiger charge is -2.16. The maximum Gasteiger partial charge on any atom is 0.416 e. The summed E-state index contributed by atoms with van der Waals surface area (Å²) in [6.45, 7) is 1.55. The third-order valence-electron chi connectivity index (χ3n) is 4.63. The summed E-state index contributed by atoms with van der Waals surface area (Å²) in [5.41, 5.74) is 4.25. The highest BCUT2D eigenvalue weighted by Gasteiger charge is 2.32. The Kier molecular flexibility index (Phi) is 6.57. The fraction of sp³-hybridized carbons (Fsp3) is 0.130. The van der Waals surface area contributed by atoms with Gasteiger partial charge in [-0.3, -0.25) is 9.59 Å². The summed E-state index contributed by atoms with van der Waals surface area (Å²) in [5.74, 6) is -2.14. The molecule has 172 valence electrons. The van der Waals surface area contributed by atoms with Gasteiger partial charge in [0.2, 0.25) is 0 Å². The van der Waals surface area contributed by atoms with Gasteiger partial charge in [-0.05, 0) is 67.1 Å². The molecular formula is C23H18F4N2O4. The summed E-state index contributed by atoms with van der Waals surface area (Å²) in [6.07, 6.45) is -4.71. The van der Waals surface area contributed by atoms with Gasteiger partial charge < -0.3 is 20.5 Å². The van der Waals surface area contributed by atoms with Crippen molar-refractivity contribution in [2.75, 3.05) is 12.4 Å². The van der Waals surface area contributed by atoms with Crippen LogP contribution in [-0.2, 0) is 6.18 Å². The number of hydrogen-bond acceptors (Lipinski definition) is 4. The van der Waals surface area contributed by atoms with Crippen LogP contribution in [0.1, 0.15) is 31.8 Å². The number of methoxy groups -OCH3 is 1. The second-order valence-corrected chi connectivity index (χ2v) is 6.95. The van der Waals surface area contributed by atoms with Crippen LogP contribution in [0.25, 0.3) is 0 Å². The highest BCUT2D eigenvalue weighted by Crippen LogP contribution is 2.35. The number of nitrogens with one attached hydrogen (secondary N) is 1. The summed E-state index contributed by atoms with van der Waals surface area (Å²) in [4.78, 5) is 24.5. The standard InChI is InChI=1S/C23H18F4N2O4/c1-12-9-14(24)4-7-18(12)33-20-6-3-13(23(25,26)27)10-17(20)22(31)29-15-5-8-19(32-2)16(11-15)21(28)30/h3-11H,1-2H3,(H2,28,30)(H,29,31). The SMILES string of the molecule is COc1ccc(NC(=O)c2cc(C(F)(F)F)ccc2Oc2ccc(F)cc2C)cc1C(N)=O. The molecule has 10 heteroatoms. The Morgan fingerprint density at radius 1 is 0.909 bits per heavy atom. The molecule has 3 rings (SSSR count). The molecule has 0 bridgehead atoms. The maximum atomic E-state index is 13.4. The minimum Gasteiger partial charge on any atom is -0.496 e. The molecular weight excluding hydrogens is 444 g/mol. The second kappa shape index (κ2) is 9.19. The van der Waals surface area contributed by atoms with E-state index in [0.717, 1.165) is 18.2 Å². The van der Waals surface area contributed by atoms with E-state index in [1.807, 2.05) is 0 Å². The molecule has 0 radical (unpaired) electrons. The number of halogens is 4. The molecule has 0 aliphatic carbocycles. The lowest BCUT2D eigenvalue weighted by molar-refractivity contribution is -0.137. The number of nitrogens with two attached hydrogens (primary N) is 1. The number of aryl methyl sites for hydroxylation is 1. The van der Waals surface area contributed by atoms with E-state index >= 15 is 0 Å². The van der Waals surface area contributed by atoms with Gasteiger partial charge in [0, 0.05) is 5.69 Å². The van der Waals surface area contributed by atoms with Crippen molar-refractivity contribution in [2.45, 2.75) is 13.1 Å². The Labute approximate surface area is 185 Å². The van der Waals surface area contributed by atoms with Crippen molar-refractivity contribution in [3.63, 3.8) is 0 Å². The topological polar surface area (TPSA) is 90.7 Å². The van der Waals surface area contributed by atoms with E-state index in [-0.39, 0.29) is 28.5 Å². The van der Waals surface area contributed by atoms with E-state index in [2.05, 4.69) is 5.32 Å². The van der Waals surface area contributed by atoms with Crippen molar-refractivity contribution in [3.05, 3.63) is 82.7 Å². The summed E-state index contributed by atoms with van der Waals surface area (Å²) < 4.78 is 63.8. The lowest BCUT2D eigenvalue weighted by atomic mass is 10.1. The molecule has 0 fully saturated rings. The number of anilines is 1. The first-order chi connectivity index (χ1) is 15.5. The van der Waals surface area contributed by atoms with Crippen molar-refractivity contribution in [1.29, 1.82) is 0 Å². The van der Waals surface area contributed by atoms with Gasteiger partial charge in [0.25, 0.3) is 11.8 Å². The van der Waals surface area contributed by atoms with E-state index in [0.29, 0.717) is 11.6 Å². The summed E-state index contributed by atoms with van der Waals surface area (Å²) in [7, 11) is 1.32. The van der Waals surface area contributed by atoms with Crippen LogP contribution in [0, 0.1) is 12.7 Å². The van der Waals surface area contributed by atoms with E-state index in [1.165, 1.54) is 37.4 Å². The van der Waals surface area contributed by atoms with Gasteiger partial charge in [0.1, 0.15) is 23.1 Å². The summed E-state index contributed by atoms with van der Waals surface area (Å²) in [6, 6.07) is 10.0. The number of alkyl halides is 3. The number of amides is 2. The molecule has 6 nitrogen and oxygen atoms in total. The van der Waals surface area contributed by atoms with Crippen LogP contribution in [0.5, 0.6) is 17.2 Å². The molecule has 0 unspecified atom stereocenters. The summed E-state index contributed by atoms with van der Waals surface area (Å²) >= 11 is 0. The fourth-order valence-corrected chi connectivity index (χ4v) is 3.00. The number of benzene rings is 3. The van der Waals surface area contributed by atoms with Gasteiger partial charge in [0.15, 0.2) is 0 Å². The van der Waals surface area contributed by atoms with Gasteiger partial charge in [0.05, 0.1) is 23.8 Å². The molecule has 0 saturated heterocycles. The third-order valence-corrected chi connectivity index (χ3v) is 4.63. The number of carbonyl (C=O) groups is 2. The van der Waals surface area contributed by atoms with Gasteiger partial charge in [-0.15, -0.1) is 0 Å². The van der Waals surface area contributed by atoms with Crippen LogP contribution >= 0.6 is 0 Å². The Hall–Kier alpha value is -4.08. The first-order valence-corrected chi connectivity index (χ1v) is 9.44. The molecule has 2 amide bonds. The van der Waals surface area contributed by atoms with E-state index in [9.17, 15) is 27.2 Å². The number of carbonyl (C=O) groups excluding carboxylic acids is 2. The zero-order valence-electron chi connectivity index (χ0n) is 17.4. The first kappa shape index (κ1) is 23.6. The molecule has 3 aromatic rings. The molecule has 0 aliphatic rings. The van der Waals surface area contributed by atoms with Crippen LogP contribution in [0.4, 0.5) is 23.2 Å². The van der Waals surface area contributed by atoms with Crippen molar-refractivity contribution >= 4 is 17.5 Å². The molecule has 0 saturated carbocycles. The third kappa shape index (κ3) is 5.40. The molecule has 3 aromatic carbocycles. The smallest absolute Gasteiger partial charge is 0.416 e. The van der Waals surface area contributed by atoms with Gasteiger partial charge in [-0.1, -0.05) is 0 Å². The Morgan fingerprint density at radius 3 is 2.18 bits per heavy atom. The molecule has 0 heterocycles. The first-order valence-electron chi connectivity index (χ1n) is 9.44. The van der Waals surface area contributed by atoms with Crippen molar-refractivity contribution in [1.82, 2.24) is 0 Å². The van der Waals surface area contributed by atoms with Crippen molar-refractivity contribution in [3.8, 4) is 17.2 Å².